The summed E-state index contributed by atoms with van der Waals surface area (Å²) in [6.07, 6.45) is 2.37. The molecule has 0 saturated carbocycles. The monoisotopic (exact) mass is 189 g/mol. The molecule has 74 valence electrons. The highest BCUT2D eigenvalue weighted by molar-refractivity contribution is 5.14. The molecule has 2 heterocycles. The normalized spacial score (nSPS) is 31.1. The first kappa shape index (κ1) is 8.45. The summed E-state index contributed by atoms with van der Waals surface area (Å²) >= 11 is 0. The van der Waals surface area contributed by atoms with Crippen molar-refractivity contribution in [1.29, 1.82) is 0 Å². The van der Waals surface area contributed by atoms with E-state index in [9.17, 15) is 0 Å². The van der Waals surface area contributed by atoms with Crippen LogP contribution < -0.4 is 0 Å². The molecular formula is C12H15NO. The van der Waals surface area contributed by atoms with Crippen molar-refractivity contribution in [3.8, 4) is 0 Å². The average Bonchev–Trinajstić information content (AvgIpc) is 2.97. The fourth-order valence-corrected chi connectivity index (χ4v) is 2.23. The Hall–Kier alpha value is -0.860. The third kappa shape index (κ3) is 1.68. The summed E-state index contributed by atoms with van der Waals surface area (Å²) < 4.78 is 5.50. The molecule has 0 aliphatic carbocycles. The van der Waals surface area contributed by atoms with Gasteiger partial charge in [-0.2, -0.15) is 0 Å². The number of benzene rings is 1. The fourth-order valence-electron chi connectivity index (χ4n) is 2.23. The maximum atomic E-state index is 5.50. The largest absolute Gasteiger partial charge is 0.368 e. The highest BCUT2D eigenvalue weighted by Crippen LogP contribution is 2.31. The van der Waals surface area contributed by atoms with Crippen LogP contribution >= 0.6 is 0 Å². The second kappa shape index (κ2) is 3.37. The lowest BCUT2D eigenvalue weighted by atomic mass is 10.1. The molecule has 2 fully saturated rings. The molecule has 2 nitrogen and oxygen atoms in total. The molecule has 2 aliphatic rings. The summed E-state index contributed by atoms with van der Waals surface area (Å²) in [4.78, 5) is 2.49. The van der Waals surface area contributed by atoms with Gasteiger partial charge in [-0.3, -0.25) is 4.90 Å². The van der Waals surface area contributed by atoms with E-state index in [1.165, 1.54) is 18.5 Å². The van der Waals surface area contributed by atoms with E-state index in [4.69, 9.17) is 4.74 Å². The molecular weight excluding hydrogens is 174 g/mol. The minimum absolute atomic E-state index is 0.549. The Morgan fingerprint density at radius 1 is 1.21 bits per heavy atom. The lowest BCUT2D eigenvalue weighted by Gasteiger charge is -2.23. The van der Waals surface area contributed by atoms with Gasteiger partial charge in [0.15, 0.2) is 0 Å². The molecule has 0 bridgehead atoms. The van der Waals surface area contributed by atoms with Gasteiger partial charge in [-0.15, -0.1) is 0 Å². The molecule has 3 rings (SSSR count). The van der Waals surface area contributed by atoms with Crippen LogP contribution in [-0.4, -0.2) is 30.2 Å². The third-order valence-corrected chi connectivity index (χ3v) is 3.10. The van der Waals surface area contributed by atoms with Crippen molar-refractivity contribution in [2.45, 2.75) is 25.2 Å². The van der Waals surface area contributed by atoms with E-state index >= 15 is 0 Å². The second-order valence-electron chi connectivity index (χ2n) is 4.22. The van der Waals surface area contributed by atoms with Gasteiger partial charge in [-0.25, -0.2) is 0 Å². The Kier molecular flexibility index (Phi) is 2.03. The van der Waals surface area contributed by atoms with Crippen molar-refractivity contribution in [2.24, 2.45) is 0 Å². The van der Waals surface area contributed by atoms with Crippen molar-refractivity contribution in [2.75, 3.05) is 13.1 Å². The number of fused-ring (bicyclic) bond motifs is 1. The first-order chi connectivity index (χ1) is 6.92. The molecule has 0 radical (unpaired) electrons. The fraction of sp³-hybridized carbons (Fsp3) is 0.500. The van der Waals surface area contributed by atoms with Gasteiger partial charge in [-0.05, 0) is 12.0 Å². The molecule has 1 aromatic carbocycles. The van der Waals surface area contributed by atoms with Crippen molar-refractivity contribution in [3.63, 3.8) is 0 Å². The van der Waals surface area contributed by atoms with E-state index in [0.29, 0.717) is 12.2 Å². The van der Waals surface area contributed by atoms with Gasteiger partial charge in [0.1, 0.15) is 0 Å². The Labute approximate surface area is 84.5 Å². The summed E-state index contributed by atoms with van der Waals surface area (Å²) in [5, 5.41) is 0. The van der Waals surface area contributed by atoms with Gasteiger partial charge < -0.3 is 4.74 Å². The zero-order valence-electron chi connectivity index (χ0n) is 8.23. The maximum Gasteiger partial charge on any atom is 0.0969 e. The average molecular weight is 189 g/mol. The summed E-state index contributed by atoms with van der Waals surface area (Å²) in [6.45, 7) is 3.39. The van der Waals surface area contributed by atoms with Crippen molar-refractivity contribution in [1.82, 2.24) is 4.90 Å². The van der Waals surface area contributed by atoms with Crippen molar-refractivity contribution >= 4 is 0 Å². The molecule has 2 heteroatoms. The summed E-state index contributed by atoms with van der Waals surface area (Å²) in [5.74, 6) is 0. The predicted octanol–water partition coefficient (Wildman–Crippen LogP) is 1.66. The molecule has 0 unspecified atom stereocenters. The predicted molar refractivity (Wildman–Crippen MR) is 55.0 cm³/mol. The van der Waals surface area contributed by atoms with E-state index in [-0.39, 0.29) is 0 Å². The number of rotatable bonds is 2. The number of likely N-dealkylation sites (tertiary alicyclic amines) is 1. The molecule has 0 spiro atoms. The van der Waals surface area contributed by atoms with E-state index < -0.39 is 0 Å². The molecule has 0 aromatic heterocycles. The number of piperidine rings is 1. The smallest absolute Gasteiger partial charge is 0.0969 e. The molecule has 0 amide bonds. The Bertz CT molecular complexity index is 311. The van der Waals surface area contributed by atoms with Gasteiger partial charge in [0, 0.05) is 19.6 Å². The topological polar surface area (TPSA) is 15.8 Å². The minimum atomic E-state index is 0.549. The number of hydrogen-bond acceptors (Lipinski definition) is 2. The maximum absolute atomic E-state index is 5.50. The van der Waals surface area contributed by atoms with E-state index in [2.05, 4.69) is 35.2 Å². The lowest BCUT2D eigenvalue weighted by molar-refractivity contribution is 0.237. The van der Waals surface area contributed by atoms with Crippen LogP contribution in [0.2, 0.25) is 0 Å². The number of epoxide rings is 1. The van der Waals surface area contributed by atoms with Crippen LogP contribution in [0.5, 0.6) is 0 Å². The van der Waals surface area contributed by atoms with Gasteiger partial charge in [0.2, 0.25) is 0 Å². The molecule has 2 atom stereocenters. The van der Waals surface area contributed by atoms with Crippen LogP contribution in [-0.2, 0) is 11.3 Å². The van der Waals surface area contributed by atoms with Crippen LogP contribution in [0.4, 0.5) is 0 Å². The lowest BCUT2D eigenvalue weighted by Crippen LogP contribution is -2.33. The second-order valence-corrected chi connectivity index (χ2v) is 4.22. The highest BCUT2D eigenvalue weighted by atomic mass is 16.6. The number of hydrogen-bond donors (Lipinski definition) is 0. The number of ether oxygens (including phenoxy) is 1. The minimum Gasteiger partial charge on any atom is -0.368 e. The number of nitrogens with zero attached hydrogens (tertiary/aromatic N) is 1. The summed E-state index contributed by atoms with van der Waals surface area (Å²) in [5.41, 5.74) is 1.41. The van der Waals surface area contributed by atoms with Crippen LogP contribution in [0.1, 0.15) is 12.0 Å². The first-order valence-electron chi connectivity index (χ1n) is 5.33. The van der Waals surface area contributed by atoms with Crippen LogP contribution in [0.25, 0.3) is 0 Å². The Balaban J connectivity index is 1.61. The quantitative estimate of drug-likeness (QED) is 0.658. The Morgan fingerprint density at radius 3 is 2.86 bits per heavy atom. The molecule has 14 heavy (non-hydrogen) atoms. The van der Waals surface area contributed by atoms with Crippen molar-refractivity contribution < 1.29 is 4.74 Å². The molecule has 2 aliphatic heterocycles. The van der Waals surface area contributed by atoms with E-state index in [1.807, 2.05) is 0 Å². The van der Waals surface area contributed by atoms with Gasteiger partial charge >= 0.3 is 0 Å². The zero-order chi connectivity index (χ0) is 9.38. The first-order valence-corrected chi connectivity index (χ1v) is 5.33. The van der Waals surface area contributed by atoms with Gasteiger partial charge in [0.25, 0.3) is 0 Å². The van der Waals surface area contributed by atoms with Crippen LogP contribution in [0, 0.1) is 0 Å². The van der Waals surface area contributed by atoms with Crippen molar-refractivity contribution in [3.05, 3.63) is 35.9 Å². The zero-order valence-corrected chi connectivity index (χ0v) is 8.23. The third-order valence-electron chi connectivity index (χ3n) is 3.10. The highest BCUT2D eigenvalue weighted by Gasteiger charge is 2.42. The SMILES string of the molecule is c1ccc(CN2CC[C@H]3O[C@H]3C2)cc1. The molecule has 0 N–H and O–H groups in total. The van der Waals surface area contributed by atoms with Crippen LogP contribution in [0.3, 0.4) is 0 Å². The molecule has 1 aromatic rings. The van der Waals surface area contributed by atoms with Crippen LogP contribution in [0.15, 0.2) is 30.3 Å². The Morgan fingerprint density at radius 2 is 2.07 bits per heavy atom. The van der Waals surface area contributed by atoms with E-state index in [1.54, 1.807) is 0 Å². The standard InChI is InChI=1S/C12H15NO/c1-2-4-10(5-3-1)8-13-7-6-11-12(9-13)14-11/h1-5,11-12H,6-9H2/t11-,12+/m1/s1. The van der Waals surface area contributed by atoms with Gasteiger partial charge in [0.05, 0.1) is 12.2 Å². The summed E-state index contributed by atoms with van der Waals surface area (Å²) in [7, 11) is 0. The summed E-state index contributed by atoms with van der Waals surface area (Å²) in [6, 6.07) is 10.7. The van der Waals surface area contributed by atoms with Gasteiger partial charge in [-0.1, -0.05) is 30.3 Å². The molecule has 2 saturated heterocycles. The van der Waals surface area contributed by atoms with E-state index in [0.717, 1.165) is 13.1 Å².